The van der Waals surface area contributed by atoms with Gasteiger partial charge < -0.3 is 4.90 Å². The first-order valence-electron chi connectivity index (χ1n) is 7.27. The Kier molecular flexibility index (Phi) is 4.81. The summed E-state index contributed by atoms with van der Waals surface area (Å²) < 4.78 is 65.5. The smallest absolute Gasteiger partial charge is 0.306 e. The predicted molar refractivity (Wildman–Crippen MR) is 81.5 cm³/mol. The molecule has 1 atom stereocenters. The lowest BCUT2D eigenvalue weighted by molar-refractivity contribution is -0.139. The van der Waals surface area contributed by atoms with Crippen LogP contribution in [-0.2, 0) is 16.2 Å². The molecule has 130 valence electrons. The zero-order valence-electron chi connectivity index (χ0n) is 13.4. The Morgan fingerprint density at radius 1 is 1.30 bits per heavy atom. The van der Waals surface area contributed by atoms with Gasteiger partial charge in [0.05, 0.1) is 10.5 Å². The third-order valence-electron chi connectivity index (χ3n) is 4.23. The van der Waals surface area contributed by atoms with Crippen molar-refractivity contribution in [3.63, 3.8) is 0 Å². The zero-order valence-corrected chi connectivity index (χ0v) is 14.2. The van der Waals surface area contributed by atoms with Crippen LogP contribution in [0.4, 0.5) is 13.2 Å². The van der Waals surface area contributed by atoms with E-state index in [1.54, 1.807) is 0 Å². The summed E-state index contributed by atoms with van der Waals surface area (Å²) in [5, 5.41) is 0. The molecule has 1 fully saturated rings. The van der Waals surface area contributed by atoms with Gasteiger partial charge >= 0.3 is 6.18 Å². The van der Waals surface area contributed by atoms with Gasteiger partial charge in [-0.2, -0.15) is 13.2 Å². The van der Waals surface area contributed by atoms with Crippen LogP contribution in [0.15, 0.2) is 29.2 Å². The molecule has 1 heterocycles. The van der Waals surface area contributed by atoms with Crippen molar-refractivity contribution in [1.29, 1.82) is 0 Å². The Labute approximate surface area is 134 Å². The average Bonchev–Trinajstić information content (AvgIpc) is 2.77. The molecule has 0 aromatic heterocycles. The molecule has 1 saturated heterocycles. The first kappa shape index (κ1) is 18.2. The van der Waals surface area contributed by atoms with Gasteiger partial charge in [0.1, 0.15) is 0 Å². The summed E-state index contributed by atoms with van der Waals surface area (Å²) in [5.74, 6) is 0. The quantitative estimate of drug-likeness (QED) is 0.838. The molecular formula is C15H21F3N2O2S. The molecule has 0 amide bonds. The van der Waals surface area contributed by atoms with Crippen molar-refractivity contribution in [1.82, 2.24) is 9.21 Å². The van der Waals surface area contributed by atoms with Gasteiger partial charge in [-0.05, 0) is 37.6 Å². The molecule has 0 radical (unpaired) electrons. The second-order valence-corrected chi connectivity index (χ2v) is 8.57. The van der Waals surface area contributed by atoms with Gasteiger partial charge in [0.25, 0.3) is 0 Å². The molecule has 0 N–H and O–H groups in total. The highest BCUT2D eigenvalue weighted by Gasteiger charge is 2.40. The normalized spacial score (nSPS) is 23.6. The maximum atomic E-state index is 13.1. The topological polar surface area (TPSA) is 40.6 Å². The van der Waals surface area contributed by atoms with Gasteiger partial charge in [0.15, 0.2) is 0 Å². The fourth-order valence-corrected chi connectivity index (χ4v) is 4.65. The Morgan fingerprint density at radius 2 is 1.91 bits per heavy atom. The van der Waals surface area contributed by atoms with Crippen molar-refractivity contribution in [2.45, 2.75) is 24.4 Å². The number of likely N-dealkylation sites (tertiary alicyclic amines) is 1. The van der Waals surface area contributed by atoms with E-state index < -0.39 is 26.7 Å². The molecule has 1 aliphatic rings. The van der Waals surface area contributed by atoms with E-state index in [4.69, 9.17) is 0 Å². The van der Waals surface area contributed by atoms with E-state index in [1.807, 2.05) is 14.0 Å². The van der Waals surface area contributed by atoms with Crippen molar-refractivity contribution >= 4 is 10.0 Å². The maximum Gasteiger partial charge on any atom is 0.417 e. The summed E-state index contributed by atoms with van der Waals surface area (Å²) in [4.78, 5) is 1.40. The Balaban J connectivity index is 2.32. The van der Waals surface area contributed by atoms with Crippen LogP contribution in [0, 0.1) is 5.41 Å². The van der Waals surface area contributed by atoms with Gasteiger partial charge in [0, 0.05) is 20.1 Å². The lowest BCUT2D eigenvalue weighted by atomic mass is 9.90. The lowest BCUT2D eigenvalue weighted by Crippen LogP contribution is -2.39. The lowest BCUT2D eigenvalue weighted by Gasteiger charge is -2.30. The van der Waals surface area contributed by atoms with Crippen LogP contribution in [0.5, 0.6) is 0 Å². The highest BCUT2D eigenvalue weighted by atomic mass is 32.2. The van der Waals surface area contributed by atoms with E-state index in [-0.39, 0.29) is 12.0 Å². The molecular weight excluding hydrogens is 329 g/mol. The second kappa shape index (κ2) is 6.07. The average molecular weight is 350 g/mol. The van der Waals surface area contributed by atoms with Gasteiger partial charge in [-0.15, -0.1) is 0 Å². The minimum absolute atomic E-state index is 0.186. The monoisotopic (exact) mass is 350 g/mol. The Morgan fingerprint density at radius 3 is 2.43 bits per heavy atom. The van der Waals surface area contributed by atoms with E-state index in [9.17, 15) is 21.6 Å². The molecule has 0 aliphatic carbocycles. The number of hydrogen-bond donors (Lipinski definition) is 0. The molecule has 1 aromatic carbocycles. The first-order valence-corrected chi connectivity index (χ1v) is 8.71. The van der Waals surface area contributed by atoms with Crippen molar-refractivity contribution in [3.8, 4) is 0 Å². The standard InChI is InChI=1S/C15H21F3N2O2S/c1-14(8-9-19(2)10-14)11-20(3)23(21,22)13-7-5-4-6-12(13)15(16,17)18/h4-7H,8-11H2,1-3H3. The van der Waals surface area contributed by atoms with Crippen LogP contribution in [0.2, 0.25) is 0 Å². The van der Waals surface area contributed by atoms with Crippen LogP contribution in [0.1, 0.15) is 18.9 Å². The van der Waals surface area contributed by atoms with Crippen LogP contribution in [-0.4, -0.2) is 51.4 Å². The van der Waals surface area contributed by atoms with E-state index >= 15 is 0 Å². The van der Waals surface area contributed by atoms with Crippen LogP contribution in [0.25, 0.3) is 0 Å². The zero-order chi connectivity index (χ0) is 17.5. The largest absolute Gasteiger partial charge is 0.417 e. The summed E-state index contributed by atoms with van der Waals surface area (Å²) in [5.41, 5.74) is -1.38. The molecule has 8 heteroatoms. The van der Waals surface area contributed by atoms with Gasteiger partial charge in [0.2, 0.25) is 10.0 Å². The van der Waals surface area contributed by atoms with Gasteiger partial charge in [-0.25, -0.2) is 12.7 Å². The SMILES string of the molecule is CN1CCC(C)(CN(C)S(=O)(=O)c2ccccc2C(F)(F)F)C1. The summed E-state index contributed by atoms with van der Waals surface area (Å²) in [6.07, 6.45) is -3.90. The van der Waals surface area contributed by atoms with Gasteiger partial charge in [-0.3, -0.25) is 0 Å². The molecule has 4 nitrogen and oxygen atoms in total. The number of sulfonamides is 1. The number of halogens is 3. The van der Waals surface area contributed by atoms with Crippen molar-refractivity contribution < 1.29 is 21.6 Å². The molecule has 0 spiro atoms. The summed E-state index contributed by atoms with van der Waals surface area (Å²) >= 11 is 0. The molecule has 2 rings (SSSR count). The fraction of sp³-hybridized carbons (Fsp3) is 0.600. The molecule has 1 aliphatic heterocycles. The van der Waals surface area contributed by atoms with E-state index in [2.05, 4.69) is 4.90 Å². The van der Waals surface area contributed by atoms with Crippen molar-refractivity contribution in [2.75, 3.05) is 33.7 Å². The number of hydrogen-bond acceptors (Lipinski definition) is 3. The minimum atomic E-state index is -4.71. The third kappa shape index (κ3) is 3.87. The second-order valence-electron chi connectivity index (χ2n) is 6.55. The minimum Gasteiger partial charge on any atom is -0.306 e. The maximum absolute atomic E-state index is 13.1. The molecule has 23 heavy (non-hydrogen) atoms. The Bertz CT molecular complexity index is 676. The summed E-state index contributed by atoms with van der Waals surface area (Å²) in [6, 6.07) is 4.31. The number of alkyl halides is 3. The molecule has 0 saturated carbocycles. The van der Waals surface area contributed by atoms with Crippen molar-refractivity contribution in [2.24, 2.45) is 5.41 Å². The molecule has 1 aromatic rings. The van der Waals surface area contributed by atoms with Crippen molar-refractivity contribution in [3.05, 3.63) is 29.8 Å². The summed E-state index contributed by atoms with van der Waals surface area (Å²) in [6.45, 7) is 3.71. The van der Waals surface area contributed by atoms with E-state index in [0.29, 0.717) is 6.54 Å². The third-order valence-corrected chi connectivity index (χ3v) is 6.10. The molecule has 0 bridgehead atoms. The highest BCUT2D eigenvalue weighted by molar-refractivity contribution is 7.89. The number of nitrogens with zero attached hydrogens (tertiary/aromatic N) is 2. The molecule has 1 unspecified atom stereocenters. The Hall–Kier alpha value is -1.12. The predicted octanol–water partition coefficient (Wildman–Crippen LogP) is 2.67. The first-order chi connectivity index (χ1) is 10.5. The van der Waals surface area contributed by atoms with E-state index in [1.165, 1.54) is 19.2 Å². The van der Waals surface area contributed by atoms with Crippen LogP contribution in [0.3, 0.4) is 0 Å². The number of benzene rings is 1. The van der Waals surface area contributed by atoms with Gasteiger partial charge in [-0.1, -0.05) is 19.1 Å². The van der Waals surface area contributed by atoms with E-state index in [0.717, 1.165) is 29.4 Å². The number of rotatable bonds is 4. The summed E-state index contributed by atoms with van der Waals surface area (Å²) in [7, 11) is -0.919. The van der Waals surface area contributed by atoms with Crippen LogP contribution < -0.4 is 0 Å². The highest BCUT2D eigenvalue weighted by Crippen LogP contribution is 2.36. The van der Waals surface area contributed by atoms with Crippen LogP contribution >= 0.6 is 0 Å². The fourth-order valence-electron chi connectivity index (χ4n) is 3.12.